The average molecular weight is 368 g/mol. The maximum absolute atomic E-state index is 12.9. The zero-order valence-corrected chi connectivity index (χ0v) is 15.1. The predicted molar refractivity (Wildman–Crippen MR) is 91.4 cm³/mol. The van der Waals surface area contributed by atoms with Gasteiger partial charge in [-0.05, 0) is 12.3 Å². The van der Waals surface area contributed by atoms with E-state index in [1.54, 1.807) is 4.90 Å². The van der Waals surface area contributed by atoms with Crippen molar-refractivity contribution < 1.29 is 28.6 Å². The zero-order valence-electron chi connectivity index (χ0n) is 15.1. The fraction of sp³-hybridized carbons (Fsp3) is 0.833. The molecule has 2 heterocycles. The fourth-order valence-electron chi connectivity index (χ4n) is 3.82. The smallest absolute Gasteiger partial charge is 0.409 e. The molecule has 2 atom stereocenters. The number of carbonyl (C=O) groups is 3. The van der Waals surface area contributed by atoms with Crippen LogP contribution in [-0.2, 0) is 23.8 Å². The van der Waals surface area contributed by atoms with Gasteiger partial charge < -0.3 is 19.1 Å². The summed E-state index contributed by atoms with van der Waals surface area (Å²) in [6.45, 7) is 2.05. The van der Waals surface area contributed by atoms with Crippen molar-refractivity contribution in [3.8, 4) is 0 Å². The summed E-state index contributed by atoms with van der Waals surface area (Å²) in [5, 5.41) is 2.54. The lowest BCUT2D eigenvalue weighted by molar-refractivity contribution is -0.145. The van der Waals surface area contributed by atoms with E-state index in [2.05, 4.69) is 5.32 Å². The summed E-state index contributed by atoms with van der Waals surface area (Å²) in [5.74, 6) is 0.187. The van der Waals surface area contributed by atoms with Crippen molar-refractivity contribution in [2.45, 2.75) is 57.3 Å². The highest BCUT2D eigenvalue weighted by atomic mass is 16.6. The van der Waals surface area contributed by atoms with E-state index < -0.39 is 18.4 Å². The van der Waals surface area contributed by atoms with Gasteiger partial charge in [0.05, 0.1) is 19.6 Å². The van der Waals surface area contributed by atoms with Gasteiger partial charge in [0, 0.05) is 13.1 Å². The van der Waals surface area contributed by atoms with Gasteiger partial charge in [0.25, 0.3) is 5.91 Å². The fourth-order valence-corrected chi connectivity index (χ4v) is 3.82. The zero-order chi connectivity index (χ0) is 18.4. The Kier molecular flexibility index (Phi) is 6.85. The van der Waals surface area contributed by atoms with Crippen molar-refractivity contribution in [2.24, 2.45) is 5.92 Å². The van der Waals surface area contributed by atoms with Crippen molar-refractivity contribution >= 4 is 17.8 Å². The molecule has 1 N–H and O–H groups in total. The summed E-state index contributed by atoms with van der Waals surface area (Å²) in [6, 6.07) is 0. The highest BCUT2D eigenvalue weighted by molar-refractivity contribution is 5.84. The van der Waals surface area contributed by atoms with Crippen molar-refractivity contribution in [3.05, 3.63) is 0 Å². The average Bonchev–Trinajstić information content (AvgIpc) is 3.06. The number of Topliss-reactive ketones (excluding diaryl/α,β-unsaturated/α-hetero) is 1. The van der Waals surface area contributed by atoms with E-state index in [4.69, 9.17) is 14.2 Å². The molecule has 1 saturated carbocycles. The Balaban J connectivity index is 1.58. The van der Waals surface area contributed by atoms with Gasteiger partial charge in [0.2, 0.25) is 0 Å². The molecule has 0 aromatic heterocycles. The Bertz CT molecular complexity index is 514. The normalized spacial score (nSPS) is 25.8. The van der Waals surface area contributed by atoms with E-state index in [0.29, 0.717) is 38.6 Å². The maximum atomic E-state index is 12.9. The largest absolute Gasteiger partial charge is 0.436 e. The van der Waals surface area contributed by atoms with Crippen LogP contribution >= 0.6 is 0 Å². The minimum atomic E-state index is -0.798. The lowest BCUT2D eigenvalue weighted by Crippen LogP contribution is -2.49. The second kappa shape index (κ2) is 9.32. The molecule has 1 unspecified atom stereocenters. The van der Waals surface area contributed by atoms with E-state index in [1.165, 1.54) is 6.42 Å². The number of morpholine rings is 1. The molecule has 26 heavy (non-hydrogen) atoms. The second-order valence-corrected chi connectivity index (χ2v) is 7.26. The van der Waals surface area contributed by atoms with Gasteiger partial charge in [-0.1, -0.05) is 32.1 Å². The molecule has 146 valence electrons. The molecular weight excluding hydrogens is 340 g/mol. The van der Waals surface area contributed by atoms with Crippen LogP contribution in [0, 0.1) is 5.92 Å². The van der Waals surface area contributed by atoms with Crippen LogP contribution in [0.3, 0.4) is 0 Å². The number of amides is 2. The van der Waals surface area contributed by atoms with Crippen LogP contribution in [0.1, 0.15) is 44.9 Å². The SMILES string of the molecule is O=C1COC(NC(=O)O[C@@H](CC2CCCCC2)C(=O)N2CCOCC2)C1. The summed E-state index contributed by atoms with van der Waals surface area (Å²) in [7, 11) is 0. The van der Waals surface area contributed by atoms with Crippen LogP contribution in [0.4, 0.5) is 4.79 Å². The molecule has 0 aromatic rings. The number of nitrogens with zero attached hydrogens (tertiary/aromatic N) is 1. The highest BCUT2D eigenvalue weighted by Crippen LogP contribution is 2.28. The first-order valence-electron chi connectivity index (χ1n) is 9.59. The Morgan fingerprint density at radius 3 is 2.58 bits per heavy atom. The molecule has 2 aliphatic heterocycles. The van der Waals surface area contributed by atoms with Gasteiger partial charge in [-0.2, -0.15) is 0 Å². The molecule has 3 rings (SSSR count). The lowest BCUT2D eigenvalue weighted by atomic mass is 9.85. The van der Waals surface area contributed by atoms with Crippen LogP contribution < -0.4 is 5.32 Å². The van der Waals surface area contributed by atoms with E-state index in [9.17, 15) is 14.4 Å². The van der Waals surface area contributed by atoms with Gasteiger partial charge in [-0.25, -0.2) is 4.79 Å². The first-order chi connectivity index (χ1) is 12.6. The maximum Gasteiger partial charge on any atom is 0.409 e. The topological polar surface area (TPSA) is 94.2 Å². The molecule has 2 saturated heterocycles. The Morgan fingerprint density at radius 2 is 1.92 bits per heavy atom. The Morgan fingerprint density at radius 1 is 1.19 bits per heavy atom. The van der Waals surface area contributed by atoms with Crippen molar-refractivity contribution in [1.29, 1.82) is 0 Å². The minimum absolute atomic E-state index is 0.00313. The van der Waals surface area contributed by atoms with Crippen LogP contribution in [0.25, 0.3) is 0 Å². The van der Waals surface area contributed by atoms with Crippen molar-refractivity contribution in [1.82, 2.24) is 10.2 Å². The molecule has 8 nitrogen and oxygen atoms in total. The molecule has 0 bridgehead atoms. The number of alkyl carbamates (subject to hydrolysis) is 1. The van der Waals surface area contributed by atoms with E-state index in [-0.39, 0.29) is 24.7 Å². The molecule has 2 amide bonds. The monoisotopic (exact) mass is 368 g/mol. The van der Waals surface area contributed by atoms with Gasteiger partial charge in [-0.15, -0.1) is 0 Å². The summed E-state index contributed by atoms with van der Waals surface area (Å²) in [6.07, 6.45) is 4.21. The molecular formula is C18H28N2O6. The number of hydrogen-bond acceptors (Lipinski definition) is 6. The number of rotatable bonds is 5. The second-order valence-electron chi connectivity index (χ2n) is 7.26. The van der Waals surface area contributed by atoms with Crippen LogP contribution in [0.15, 0.2) is 0 Å². The summed E-state index contributed by atoms with van der Waals surface area (Å²) < 4.78 is 16.0. The third-order valence-electron chi connectivity index (χ3n) is 5.26. The predicted octanol–water partition coefficient (Wildman–Crippen LogP) is 1.23. The van der Waals surface area contributed by atoms with Crippen LogP contribution in [0.5, 0.6) is 0 Å². The van der Waals surface area contributed by atoms with E-state index in [0.717, 1.165) is 25.7 Å². The van der Waals surface area contributed by atoms with Crippen molar-refractivity contribution in [3.63, 3.8) is 0 Å². The minimum Gasteiger partial charge on any atom is -0.436 e. The number of hydrogen-bond donors (Lipinski definition) is 1. The molecule has 0 spiro atoms. The molecule has 0 radical (unpaired) electrons. The van der Waals surface area contributed by atoms with Crippen LogP contribution in [0.2, 0.25) is 0 Å². The molecule has 1 aliphatic carbocycles. The number of carbonyl (C=O) groups excluding carboxylic acids is 3. The highest BCUT2D eigenvalue weighted by Gasteiger charge is 2.33. The molecule has 3 aliphatic rings. The van der Waals surface area contributed by atoms with Crippen LogP contribution in [-0.4, -0.2) is 67.9 Å². The third-order valence-corrected chi connectivity index (χ3v) is 5.26. The Hall–Kier alpha value is -1.67. The Labute approximate surface area is 153 Å². The third kappa shape index (κ3) is 5.41. The first-order valence-corrected chi connectivity index (χ1v) is 9.59. The molecule has 3 fully saturated rings. The summed E-state index contributed by atoms with van der Waals surface area (Å²) >= 11 is 0. The quantitative estimate of drug-likeness (QED) is 0.784. The van der Waals surface area contributed by atoms with E-state index >= 15 is 0 Å². The van der Waals surface area contributed by atoms with Gasteiger partial charge in [-0.3, -0.25) is 14.9 Å². The number of nitrogens with one attached hydrogen (secondary N) is 1. The van der Waals surface area contributed by atoms with Gasteiger partial charge in [0.1, 0.15) is 12.8 Å². The van der Waals surface area contributed by atoms with Crippen molar-refractivity contribution in [2.75, 3.05) is 32.9 Å². The molecule has 0 aromatic carbocycles. The van der Waals surface area contributed by atoms with Gasteiger partial charge >= 0.3 is 6.09 Å². The first kappa shape index (κ1) is 19.1. The summed E-state index contributed by atoms with van der Waals surface area (Å²) in [5.41, 5.74) is 0. The van der Waals surface area contributed by atoms with Gasteiger partial charge in [0.15, 0.2) is 11.9 Å². The molecule has 8 heteroatoms. The summed E-state index contributed by atoms with van der Waals surface area (Å²) in [4.78, 5) is 38.1. The lowest BCUT2D eigenvalue weighted by Gasteiger charge is -2.32. The number of ketones is 1. The number of ether oxygens (including phenoxy) is 3. The standard InChI is InChI=1S/C18H28N2O6/c21-14-11-16(25-12-14)19-18(23)26-15(10-13-4-2-1-3-5-13)17(22)20-6-8-24-9-7-20/h13,15-16H,1-12H2,(H,19,23)/t15-,16?/m0/s1. The van der Waals surface area contributed by atoms with E-state index in [1.807, 2.05) is 0 Å².